The third-order valence-corrected chi connectivity index (χ3v) is 8.31. The molecule has 1 saturated heterocycles. The summed E-state index contributed by atoms with van der Waals surface area (Å²) in [6.45, 7) is 0.120. The Kier molecular flexibility index (Phi) is 6.89. The Morgan fingerprint density at radius 3 is 2.64 bits per heavy atom. The Morgan fingerprint density at radius 2 is 1.90 bits per heavy atom. The van der Waals surface area contributed by atoms with Crippen LogP contribution in [0.1, 0.15) is 30.5 Å². The molecule has 3 heterocycles. The topological polar surface area (TPSA) is 114 Å². The first-order valence-electron chi connectivity index (χ1n) is 11.9. The average Bonchev–Trinajstić information content (AvgIpc) is 3.55. The average molecular weight is 564 g/mol. The van der Waals surface area contributed by atoms with Crippen LogP contribution in [-0.4, -0.2) is 46.2 Å². The normalized spacial score (nSPS) is 16.7. The van der Waals surface area contributed by atoms with Crippen LogP contribution in [0.25, 0.3) is 22.2 Å². The van der Waals surface area contributed by atoms with Gasteiger partial charge in [-0.25, -0.2) is 22.8 Å². The van der Waals surface area contributed by atoms with E-state index < -0.39 is 39.4 Å². The number of aromatic hydroxyl groups is 1. The summed E-state index contributed by atoms with van der Waals surface area (Å²) in [7, 11) is -4.16. The number of nitrogens with zero attached hydrogens (tertiary/aromatic N) is 3. The second kappa shape index (κ2) is 10.0. The summed E-state index contributed by atoms with van der Waals surface area (Å²) in [5.41, 5.74) is -0.175. The fourth-order valence-corrected chi connectivity index (χ4v) is 6.24. The van der Waals surface area contributed by atoms with Gasteiger partial charge in [-0.15, -0.1) is 0 Å². The number of sulfonamides is 1. The van der Waals surface area contributed by atoms with Crippen LogP contribution < -0.4 is 0 Å². The number of phenolic OH excluding ortho intramolecular Hbond substituents is 1. The molecule has 2 aromatic carbocycles. The fraction of sp³-hybridized carbons (Fsp3) is 0.269. The Bertz CT molecular complexity index is 1670. The molecule has 0 spiro atoms. The monoisotopic (exact) mass is 563 g/mol. The van der Waals surface area contributed by atoms with E-state index in [1.807, 2.05) is 0 Å². The molecule has 1 aliphatic rings. The number of ketones is 1. The molecular formula is C26H21F4N3O5S. The van der Waals surface area contributed by atoms with Gasteiger partial charge in [0.25, 0.3) is 10.0 Å². The van der Waals surface area contributed by atoms with E-state index in [0.29, 0.717) is 24.6 Å². The number of fused-ring (bicyclic) bond motifs is 1. The smallest absolute Gasteiger partial charge is 0.416 e. The summed E-state index contributed by atoms with van der Waals surface area (Å²) in [5.74, 6) is -1.48. The summed E-state index contributed by atoms with van der Waals surface area (Å²) in [6, 6.07) is 7.94. The van der Waals surface area contributed by atoms with Gasteiger partial charge in [-0.05, 0) is 61.7 Å². The van der Waals surface area contributed by atoms with Crippen LogP contribution in [0.15, 0.2) is 64.4 Å². The van der Waals surface area contributed by atoms with Crippen LogP contribution in [-0.2, 0) is 27.4 Å². The molecule has 2 aromatic heterocycles. The maximum absolute atomic E-state index is 13.5. The van der Waals surface area contributed by atoms with Crippen LogP contribution in [0.2, 0.25) is 0 Å². The van der Waals surface area contributed by atoms with E-state index in [1.54, 1.807) is 0 Å². The SMILES string of the molecule is O=C(CCc1cc(-c2ccc(C(F)(F)F)cc2O)ncn1)[C@@H]1CCCN1S(=O)(=O)c1cc2cc(F)ccc2o1. The van der Waals surface area contributed by atoms with E-state index >= 15 is 0 Å². The van der Waals surface area contributed by atoms with E-state index in [9.17, 15) is 35.9 Å². The summed E-state index contributed by atoms with van der Waals surface area (Å²) in [4.78, 5) is 21.2. The molecule has 1 N–H and O–H groups in total. The number of hydrogen-bond acceptors (Lipinski definition) is 7. The Balaban J connectivity index is 1.30. The number of aryl methyl sites for hydroxylation is 1. The van der Waals surface area contributed by atoms with Crippen molar-refractivity contribution in [2.75, 3.05) is 6.54 Å². The van der Waals surface area contributed by atoms with Crippen LogP contribution >= 0.6 is 0 Å². The second-order valence-corrected chi connectivity index (χ2v) is 10.9. The van der Waals surface area contributed by atoms with Crippen molar-refractivity contribution in [2.24, 2.45) is 0 Å². The van der Waals surface area contributed by atoms with E-state index in [0.717, 1.165) is 28.6 Å². The first-order chi connectivity index (χ1) is 18.4. The first-order valence-corrected chi connectivity index (χ1v) is 13.3. The fourth-order valence-electron chi connectivity index (χ4n) is 4.61. The van der Waals surface area contributed by atoms with Gasteiger partial charge in [-0.2, -0.15) is 17.5 Å². The molecule has 13 heteroatoms. The van der Waals surface area contributed by atoms with Crippen LogP contribution in [0.4, 0.5) is 17.6 Å². The maximum Gasteiger partial charge on any atom is 0.416 e. The summed E-state index contributed by atoms with van der Waals surface area (Å²) < 4.78 is 85.3. The van der Waals surface area contributed by atoms with Crippen molar-refractivity contribution in [1.29, 1.82) is 0 Å². The lowest BCUT2D eigenvalue weighted by molar-refractivity contribution is -0.137. The number of alkyl halides is 3. The quantitative estimate of drug-likeness (QED) is 0.311. The largest absolute Gasteiger partial charge is 0.507 e. The third kappa shape index (κ3) is 5.36. The maximum atomic E-state index is 13.5. The van der Waals surface area contributed by atoms with Gasteiger partial charge in [0.1, 0.15) is 23.5 Å². The Morgan fingerprint density at radius 1 is 1.10 bits per heavy atom. The van der Waals surface area contributed by atoms with Gasteiger partial charge < -0.3 is 9.52 Å². The minimum atomic E-state index is -4.61. The molecule has 1 atom stereocenters. The second-order valence-electron chi connectivity index (χ2n) is 9.11. The molecule has 0 saturated carbocycles. The number of carbonyl (C=O) groups is 1. The number of aromatic nitrogens is 2. The highest BCUT2D eigenvalue weighted by Crippen LogP contribution is 2.36. The summed E-state index contributed by atoms with van der Waals surface area (Å²) in [5, 5.41) is 10.0. The van der Waals surface area contributed by atoms with Gasteiger partial charge in [0.05, 0.1) is 17.3 Å². The molecule has 0 radical (unpaired) electrons. The van der Waals surface area contributed by atoms with Gasteiger partial charge in [0.15, 0.2) is 5.78 Å². The van der Waals surface area contributed by atoms with Crippen LogP contribution in [0.5, 0.6) is 5.75 Å². The number of rotatable bonds is 7. The molecule has 5 rings (SSSR count). The highest BCUT2D eigenvalue weighted by atomic mass is 32.2. The zero-order valence-electron chi connectivity index (χ0n) is 20.2. The number of halogens is 4. The van der Waals surface area contributed by atoms with E-state index in [2.05, 4.69) is 9.97 Å². The van der Waals surface area contributed by atoms with Gasteiger partial charge in [0.2, 0.25) is 5.09 Å². The van der Waals surface area contributed by atoms with Gasteiger partial charge >= 0.3 is 6.18 Å². The standard InChI is InChI=1S/C26H21F4N3O5S/c27-17-4-8-24-15(10-17)11-25(38-24)39(36,37)33-9-1-2-21(33)22(34)7-5-18-13-20(32-14-31-18)19-6-3-16(12-23(19)35)26(28,29)30/h3-4,6,8,10-14,21,35H,1-2,5,7,9H2/t21-/m0/s1. The number of hydrogen-bond donors (Lipinski definition) is 1. The van der Waals surface area contributed by atoms with E-state index in [1.165, 1.54) is 24.5 Å². The molecule has 204 valence electrons. The Hall–Kier alpha value is -3.84. The van der Waals surface area contributed by atoms with Crippen molar-refractivity contribution in [3.05, 3.63) is 71.9 Å². The van der Waals surface area contributed by atoms with Crippen molar-refractivity contribution < 1.29 is 40.3 Å². The van der Waals surface area contributed by atoms with Crippen molar-refractivity contribution in [3.63, 3.8) is 0 Å². The molecule has 4 aromatic rings. The minimum Gasteiger partial charge on any atom is -0.507 e. The Labute approximate surface area is 220 Å². The number of Topliss-reactive ketones (excluding diaryl/α,β-unsaturated/α-hetero) is 1. The summed E-state index contributed by atoms with van der Waals surface area (Å²) in [6.07, 6.45) is -2.60. The molecular weight excluding hydrogens is 542 g/mol. The van der Waals surface area contributed by atoms with Crippen molar-refractivity contribution in [3.8, 4) is 17.0 Å². The lowest BCUT2D eigenvalue weighted by atomic mass is 10.0. The van der Waals surface area contributed by atoms with E-state index in [-0.39, 0.29) is 52.5 Å². The molecule has 0 amide bonds. The zero-order chi connectivity index (χ0) is 27.9. The molecule has 1 fully saturated rings. The molecule has 0 aliphatic carbocycles. The van der Waals surface area contributed by atoms with Crippen LogP contribution in [0, 0.1) is 5.82 Å². The van der Waals surface area contributed by atoms with Crippen molar-refractivity contribution in [1.82, 2.24) is 14.3 Å². The van der Waals surface area contributed by atoms with Gasteiger partial charge in [-0.3, -0.25) is 4.79 Å². The van der Waals surface area contributed by atoms with Crippen LogP contribution in [0.3, 0.4) is 0 Å². The lowest BCUT2D eigenvalue weighted by Gasteiger charge is -2.21. The highest BCUT2D eigenvalue weighted by Gasteiger charge is 2.40. The molecule has 8 nitrogen and oxygen atoms in total. The number of phenols is 1. The minimum absolute atomic E-state index is 0.0581. The number of benzene rings is 2. The predicted octanol–water partition coefficient (Wildman–Crippen LogP) is 5.11. The van der Waals surface area contributed by atoms with Crippen molar-refractivity contribution in [2.45, 2.75) is 43.0 Å². The summed E-state index contributed by atoms with van der Waals surface area (Å²) >= 11 is 0. The third-order valence-electron chi connectivity index (χ3n) is 6.55. The van der Waals surface area contributed by atoms with Crippen molar-refractivity contribution >= 4 is 26.8 Å². The lowest BCUT2D eigenvalue weighted by Crippen LogP contribution is -2.40. The molecule has 1 aliphatic heterocycles. The van der Waals surface area contributed by atoms with Gasteiger partial charge in [-0.1, -0.05) is 0 Å². The molecule has 0 unspecified atom stereocenters. The first kappa shape index (κ1) is 26.8. The van der Waals surface area contributed by atoms with Gasteiger partial charge in [0, 0.05) is 35.7 Å². The zero-order valence-corrected chi connectivity index (χ0v) is 21.0. The highest BCUT2D eigenvalue weighted by molar-refractivity contribution is 7.89. The van der Waals surface area contributed by atoms with E-state index in [4.69, 9.17) is 4.42 Å². The molecule has 0 bridgehead atoms. The predicted molar refractivity (Wildman–Crippen MR) is 131 cm³/mol. The molecule has 39 heavy (non-hydrogen) atoms. The number of carbonyl (C=O) groups excluding carboxylic acids is 1. The number of furan rings is 1.